The van der Waals surface area contributed by atoms with E-state index in [2.05, 4.69) is 4.84 Å². The van der Waals surface area contributed by atoms with Crippen LogP contribution in [0.4, 0.5) is 4.79 Å². The molecule has 0 aromatic carbocycles. The van der Waals surface area contributed by atoms with Gasteiger partial charge in [0.2, 0.25) is 0 Å². The van der Waals surface area contributed by atoms with Gasteiger partial charge in [0.15, 0.2) is 5.72 Å². The summed E-state index contributed by atoms with van der Waals surface area (Å²) in [6.07, 6.45) is -0.135. The van der Waals surface area contributed by atoms with Crippen LogP contribution in [0.5, 0.6) is 0 Å². The van der Waals surface area contributed by atoms with Gasteiger partial charge < -0.3 is 4.74 Å². The molecule has 0 radical (unpaired) electrons. The van der Waals surface area contributed by atoms with Crippen molar-refractivity contribution in [1.82, 2.24) is 5.48 Å². The van der Waals surface area contributed by atoms with E-state index in [0.29, 0.717) is 6.42 Å². The van der Waals surface area contributed by atoms with Crippen molar-refractivity contribution in [2.75, 3.05) is 7.11 Å². The Labute approximate surface area is 65.8 Å². The molecule has 0 saturated heterocycles. The Morgan fingerprint density at radius 1 is 1.73 bits per heavy atom. The van der Waals surface area contributed by atoms with Crippen LogP contribution in [-0.2, 0) is 9.57 Å². The van der Waals surface area contributed by atoms with Crippen molar-refractivity contribution in [2.24, 2.45) is 5.73 Å². The minimum atomic E-state index is -0.928. The van der Waals surface area contributed by atoms with Crippen LogP contribution in [0, 0.1) is 0 Å². The number of nitrogens with two attached hydrogens (primary N) is 1. The maximum atomic E-state index is 10.7. The first kappa shape index (κ1) is 10.2. The van der Waals surface area contributed by atoms with Crippen molar-refractivity contribution in [1.29, 1.82) is 0 Å². The second-order valence-corrected chi connectivity index (χ2v) is 2.36. The van der Waals surface area contributed by atoms with Gasteiger partial charge in [-0.1, -0.05) is 6.92 Å². The lowest BCUT2D eigenvalue weighted by Crippen LogP contribution is -2.43. The van der Waals surface area contributed by atoms with Crippen molar-refractivity contribution in [3.05, 3.63) is 0 Å². The molecule has 1 amide bonds. The fourth-order valence-corrected chi connectivity index (χ4v) is 0.388. The number of amides is 1. The Kier molecular flexibility index (Phi) is 3.84. The Hall–Kier alpha value is -0.810. The van der Waals surface area contributed by atoms with E-state index in [-0.39, 0.29) is 0 Å². The highest BCUT2D eigenvalue weighted by molar-refractivity contribution is 5.66. The zero-order chi connectivity index (χ0) is 8.91. The molecular formula is C6H14N2O3. The van der Waals surface area contributed by atoms with Gasteiger partial charge in [0.25, 0.3) is 0 Å². The van der Waals surface area contributed by atoms with Crippen LogP contribution in [0.2, 0.25) is 0 Å². The molecule has 0 bridgehead atoms. The first-order valence-corrected chi connectivity index (χ1v) is 3.32. The van der Waals surface area contributed by atoms with Gasteiger partial charge in [-0.3, -0.25) is 10.6 Å². The van der Waals surface area contributed by atoms with E-state index in [1.54, 1.807) is 6.92 Å². The number of hydrogen-bond acceptors (Lipinski definition) is 4. The molecule has 5 heteroatoms. The van der Waals surface area contributed by atoms with Crippen molar-refractivity contribution in [3.63, 3.8) is 0 Å². The summed E-state index contributed by atoms with van der Waals surface area (Å²) in [7, 11) is 1.32. The first-order valence-electron chi connectivity index (χ1n) is 3.32. The standard InChI is InChI=1S/C6H14N2O3/c1-4-6(2,7)11-5(9)8-10-3/h4,7H2,1-3H3,(H,8,9). The van der Waals surface area contributed by atoms with E-state index in [1.165, 1.54) is 7.11 Å². The molecule has 0 aliphatic heterocycles. The van der Waals surface area contributed by atoms with Gasteiger partial charge in [0.1, 0.15) is 0 Å². The number of carbonyl (C=O) groups excluding carboxylic acids is 1. The molecule has 1 unspecified atom stereocenters. The highest BCUT2D eigenvalue weighted by Gasteiger charge is 2.20. The van der Waals surface area contributed by atoms with Crippen LogP contribution in [0.25, 0.3) is 0 Å². The molecule has 66 valence electrons. The number of ether oxygens (including phenoxy) is 1. The van der Waals surface area contributed by atoms with E-state index in [1.807, 2.05) is 12.4 Å². The Morgan fingerprint density at radius 3 is 2.64 bits per heavy atom. The normalized spacial score (nSPS) is 15.3. The van der Waals surface area contributed by atoms with Crippen LogP contribution in [0.1, 0.15) is 20.3 Å². The average molecular weight is 162 g/mol. The Morgan fingerprint density at radius 2 is 2.27 bits per heavy atom. The third-order valence-electron chi connectivity index (χ3n) is 1.21. The third kappa shape index (κ3) is 4.58. The quantitative estimate of drug-likeness (QED) is 0.464. The summed E-state index contributed by atoms with van der Waals surface area (Å²) < 4.78 is 4.73. The molecule has 1 atom stereocenters. The zero-order valence-electron chi connectivity index (χ0n) is 7.01. The third-order valence-corrected chi connectivity index (χ3v) is 1.21. The molecule has 11 heavy (non-hydrogen) atoms. The van der Waals surface area contributed by atoms with Crippen LogP contribution in [-0.4, -0.2) is 18.9 Å². The molecule has 3 N–H and O–H groups in total. The summed E-state index contributed by atoms with van der Waals surface area (Å²) in [5.74, 6) is 0. The minimum Gasteiger partial charge on any atom is -0.427 e. The Balaban J connectivity index is 3.74. The second kappa shape index (κ2) is 4.15. The lowest BCUT2D eigenvalue weighted by atomic mass is 10.2. The van der Waals surface area contributed by atoms with E-state index < -0.39 is 11.8 Å². The smallest absolute Gasteiger partial charge is 0.427 e. The molecule has 0 saturated carbocycles. The van der Waals surface area contributed by atoms with Gasteiger partial charge in [0.05, 0.1) is 7.11 Å². The van der Waals surface area contributed by atoms with Crippen LogP contribution in [0.15, 0.2) is 0 Å². The van der Waals surface area contributed by atoms with Gasteiger partial charge in [-0.2, -0.15) is 5.48 Å². The molecule has 0 aromatic rings. The maximum absolute atomic E-state index is 10.7. The minimum absolute atomic E-state index is 0.546. The molecule has 0 rings (SSSR count). The molecule has 0 aliphatic rings. The van der Waals surface area contributed by atoms with Crippen molar-refractivity contribution >= 4 is 6.09 Å². The number of carbonyl (C=O) groups is 1. The molecule has 0 aliphatic carbocycles. The first-order chi connectivity index (χ1) is 5.02. The molecular weight excluding hydrogens is 148 g/mol. The molecule has 0 fully saturated rings. The van der Waals surface area contributed by atoms with Crippen molar-refractivity contribution in [2.45, 2.75) is 26.0 Å². The Bertz CT molecular complexity index is 136. The van der Waals surface area contributed by atoms with E-state index in [9.17, 15) is 4.79 Å². The monoisotopic (exact) mass is 162 g/mol. The van der Waals surface area contributed by atoms with E-state index >= 15 is 0 Å². The summed E-state index contributed by atoms with van der Waals surface area (Å²) in [5.41, 5.74) is 6.58. The summed E-state index contributed by atoms with van der Waals surface area (Å²) in [5, 5.41) is 0. The average Bonchev–Trinajstić information content (AvgIpc) is 1.87. The summed E-state index contributed by atoms with van der Waals surface area (Å²) in [6.45, 7) is 3.43. The molecule has 5 nitrogen and oxygen atoms in total. The van der Waals surface area contributed by atoms with E-state index in [0.717, 1.165) is 0 Å². The maximum Gasteiger partial charge on any atom is 0.433 e. The fraction of sp³-hybridized carbons (Fsp3) is 0.833. The van der Waals surface area contributed by atoms with Crippen molar-refractivity contribution < 1.29 is 14.4 Å². The summed E-state index contributed by atoms with van der Waals surface area (Å²) in [6, 6.07) is 0. The zero-order valence-corrected chi connectivity index (χ0v) is 7.01. The second-order valence-electron chi connectivity index (χ2n) is 2.36. The highest BCUT2D eigenvalue weighted by atomic mass is 16.7. The fourth-order valence-electron chi connectivity index (χ4n) is 0.388. The lowest BCUT2D eigenvalue weighted by Gasteiger charge is -2.22. The van der Waals surface area contributed by atoms with Crippen LogP contribution < -0.4 is 11.2 Å². The van der Waals surface area contributed by atoms with Crippen LogP contribution >= 0.6 is 0 Å². The predicted octanol–water partition coefficient (Wildman–Crippen LogP) is 0.359. The number of hydroxylamine groups is 1. The predicted molar refractivity (Wildman–Crippen MR) is 39.5 cm³/mol. The number of hydrogen-bond donors (Lipinski definition) is 2. The number of rotatable bonds is 3. The SMILES string of the molecule is CCC(C)(N)OC(=O)NOC. The summed E-state index contributed by atoms with van der Waals surface area (Å²) >= 11 is 0. The van der Waals surface area contributed by atoms with Gasteiger partial charge in [-0.25, -0.2) is 4.79 Å². The summed E-state index contributed by atoms with van der Waals surface area (Å²) in [4.78, 5) is 15.0. The highest BCUT2D eigenvalue weighted by Crippen LogP contribution is 2.05. The molecule has 0 heterocycles. The van der Waals surface area contributed by atoms with Crippen LogP contribution in [0.3, 0.4) is 0 Å². The molecule has 0 spiro atoms. The van der Waals surface area contributed by atoms with Crippen molar-refractivity contribution in [3.8, 4) is 0 Å². The lowest BCUT2D eigenvalue weighted by molar-refractivity contribution is -0.00782. The van der Waals surface area contributed by atoms with Gasteiger partial charge in [0, 0.05) is 0 Å². The molecule has 0 aromatic heterocycles. The van der Waals surface area contributed by atoms with Gasteiger partial charge >= 0.3 is 6.09 Å². The van der Waals surface area contributed by atoms with Gasteiger partial charge in [-0.05, 0) is 13.3 Å². The number of nitrogens with one attached hydrogen (secondary N) is 1. The topological polar surface area (TPSA) is 73.6 Å². The largest absolute Gasteiger partial charge is 0.433 e. The van der Waals surface area contributed by atoms with E-state index in [4.69, 9.17) is 10.5 Å². The van der Waals surface area contributed by atoms with Gasteiger partial charge in [-0.15, -0.1) is 0 Å².